The van der Waals surface area contributed by atoms with Crippen molar-refractivity contribution in [2.75, 3.05) is 26.2 Å². The molecular formula is C22H28N2O. The summed E-state index contributed by atoms with van der Waals surface area (Å²) < 4.78 is 0. The predicted octanol–water partition coefficient (Wildman–Crippen LogP) is 3.74. The van der Waals surface area contributed by atoms with Crippen LogP contribution in [0.4, 0.5) is 0 Å². The fraction of sp³-hybridized carbons (Fsp3) is 0.409. The normalized spacial score (nSPS) is 15.3. The quantitative estimate of drug-likeness (QED) is 0.871. The summed E-state index contributed by atoms with van der Waals surface area (Å²) in [5.74, 6) is 0.975. The van der Waals surface area contributed by atoms with Gasteiger partial charge in [0, 0.05) is 13.1 Å². The smallest absolute Gasteiger partial charge is 0.226 e. The maximum atomic E-state index is 12.6. The van der Waals surface area contributed by atoms with Gasteiger partial charge in [-0.2, -0.15) is 0 Å². The molecule has 0 spiro atoms. The average molecular weight is 336 g/mol. The zero-order chi connectivity index (χ0) is 17.5. The number of piperidine rings is 1. The van der Waals surface area contributed by atoms with Crippen molar-refractivity contribution in [3.63, 3.8) is 0 Å². The highest BCUT2D eigenvalue weighted by Gasteiger charge is 2.22. The Balaban J connectivity index is 1.52. The van der Waals surface area contributed by atoms with Gasteiger partial charge in [0.2, 0.25) is 5.91 Å². The van der Waals surface area contributed by atoms with Gasteiger partial charge in [-0.1, -0.05) is 61.5 Å². The lowest BCUT2D eigenvalue weighted by Crippen LogP contribution is -2.41. The summed E-state index contributed by atoms with van der Waals surface area (Å²) in [7, 11) is 0. The first-order chi connectivity index (χ1) is 12.3. The van der Waals surface area contributed by atoms with Crippen LogP contribution >= 0.6 is 0 Å². The number of amides is 1. The highest BCUT2D eigenvalue weighted by atomic mass is 16.2. The molecule has 1 heterocycles. The van der Waals surface area contributed by atoms with Crippen molar-refractivity contribution >= 4 is 5.91 Å². The Morgan fingerprint density at radius 2 is 1.64 bits per heavy atom. The highest BCUT2D eigenvalue weighted by Crippen LogP contribution is 2.21. The minimum absolute atomic E-state index is 0.259. The lowest BCUT2D eigenvalue weighted by Gasteiger charge is -2.32. The van der Waals surface area contributed by atoms with Crippen LogP contribution < -0.4 is 5.32 Å². The molecule has 1 N–H and O–H groups in total. The third-order valence-corrected chi connectivity index (χ3v) is 5.07. The Morgan fingerprint density at radius 1 is 1.00 bits per heavy atom. The zero-order valence-corrected chi connectivity index (χ0v) is 15.1. The van der Waals surface area contributed by atoms with E-state index in [9.17, 15) is 4.79 Å². The Hall–Kier alpha value is -2.13. The summed E-state index contributed by atoms with van der Waals surface area (Å²) in [5, 5.41) is 3.42. The van der Waals surface area contributed by atoms with E-state index in [1.807, 2.05) is 23.1 Å². The van der Waals surface area contributed by atoms with Crippen LogP contribution in [0.25, 0.3) is 11.1 Å². The van der Waals surface area contributed by atoms with Crippen molar-refractivity contribution in [2.45, 2.75) is 26.2 Å². The number of carbonyl (C=O) groups is 1. The molecule has 2 aromatic rings. The number of hydrogen-bond donors (Lipinski definition) is 1. The van der Waals surface area contributed by atoms with E-state index >= 15 is 0 Å². The first-order valence-corrected chi connectivity index (χ1v) is 9.39. The molecule has 1 aliphatic rings. The van der Waals surface area contributed by atoms with Gasteiger partial charge in [0.1, 0.15) is 0 Å². The lowest BCUT2D eigenvalue weighted by molar-refractivity contribution is -0.131. The van der Waals surface area contributed by atoms with Crippen molar-refractivity contribution in [3.8, 4) is 11.1 Å². The van der Waals surface area contributed by atoms with Crippen molar-refractivity contribution in [3.05, 3.63) is 60.2 Å². The van der Waals surface area contributed by atoms with Crippen LogP contribution in [0.1, 0.15) is 25.3 Å². The molecule has 3 heteroatoms. The number of nitrogens with zero attached hydrogens (tertiary/aromatic N) is 1. The molecule has 0 radical (unpaired) electrons. The second kappa shape index (κ2) is 8.82. The summed E-state index contributed by atoms with van der Waals surface area (Å²) in [6.45, 7) is 6.05. The minimum Gasteiger partial charge on any atom is -0.342 e. The standard InChI is InChI=1S/C22H28N2O/c1-2-23-17-19-12-14-24(15-13-19)22(25)16-18-8-10-21(11-9-18)20-6-4-3-5-7-20/h3-11,19,23H,2,12-17H2,1H3. The first-order valence-electron chi connectivity index (χ1n) is 9.39. The number of carbonyl (C=O) groups excluding carboxylic acids is 1. The molecule has 0 bridgehead atoms. The van der Waals surface area contributed by atoms with Crippen molar-refractivity contribution in [1.29, 1.82) is 0 Å². The fourth-order valence-electron chi connectivity index (χ4n) is 3.47. The van der Waals surface area contributed by atoms with Gasteiger partial charge in [-0.05, 0) is 48.5 Å². The van der Waals surface area contributed by atoms with E-state index < -0.39 is 0 Å². The number of likely N-dealkylation sites (tertiary alicyclic amines) is 1. The van der Waals surface area contributed by atoms with Gasteiger partial charge in [-0.15, -0.1) is 0 Å². The number of benzene rings is 2. The molecule has 3 nitrogen and oxygen atoms in total. The second-order valence-corrected chi connectivity index (χ2v) is 6.87. The molecule has 25 heavy (non-hydrogen) atoms. The molecule has 1 fully saturated rings. The van der Waals surface area contributed by atoms with Gasteiger partial charge in [0.15, 0.2) is 0 Å². The monoisotopic (exact) mass is 336 g/mol. The Morgan fingerprint density at radius 3 is 2.28 bits per heavy atom. The van der Waals surface area contributed by atoms with Gasteiger partial charge in [-0.3, -0.25) is 4.79 Å². The highest BCUT2D eigenvalue weighted by molar-refractivity contribution is 5.79. The molecule has 1 amide bonds. The Bertz CT molecular complexity index is 658. The van der Waals surface area contributed by atoms with E-state index in [0.717, 1.165) is 44.6 Å². The van der Waals surface area contributed by atoms with Crippen LogP contribution in [-0.2, 0) is 11.2 Å². The molecule has 0 aromatic heterocycles. The van der Waals surface area contributed by atoms with Gasteiger partial charge in [-0.25, -0.2) is 0 Å². The largest absolute Gasteiger partial charge is 0.342 e. The molecular weight excluding hydrogens is 308 g/mol. The van der Waals surface area contributed by atoms with Gasteiger partial charge in [0.05, 0.1) is 6.42 Å². The van der Waals surface area contributed by atoms with Crippen LogP contribution in [0.3, 0.4) is 0 Å². The van der Waals surface area contributed by atoms with E-state index in [1.54, 1.807) is 0 Å². The molecule has 1 aliphatic heterocycles. The lowest BCUT2D eigenvalue weighted by atomic mass is 9.96. The maximum Gasteiger partial charge on any atom is 0.226 e. The molecule has 1 saturated heterocycles. The average Bonchev–Trinajstić information content (AvgIpc) is 2.68. The van der Waals surface area contributed by atoms with Gasteiger partial charge in [0.25, 0.3) is 0 Å². The van der Waals surface area contributed by atoms with E-state index in [2.05, 4.69) is 48.6 Å². The number of hydrogen-bond acceptors (Lipinski definition) is 2. The van der Waals surface area contributed by atoms with Crippen molar-refractivity contribution in [2.24, 2.45) is 5.92 Å². The fourth-order valence-corrected chi connectivity index (χ4v) is 3.47. The zero-order valence-electron chi connectivity index (χ0n) is 15.1. The van der Waals surface area contributed by atoms with Crippen LogP contribution in [0, 0.1) is 5.92 Å². The summed E-state index contributed by atoms with van der Waals surface area (Å²) in [5.41, 5.74) is 3.50. The summed E-state index contributed by atoms with van der Waals surface area (Å²) >= 11 is 0. The van der Waals surface area contributed by atoms with Crippen LogP contribution in [0.15, 0.2) is 54.6 Å². The summed E-state index contributed by atoms with van der Waals surface area (Å²) in [6, 6.07) is 18.7. The minimum atomic E-state index is 0.259. The molecule has 0 atom stereocenters. The topological polar surface area (TPSA) is 32.3 Å². The molecule has 0 unspecified atom stereocenters. The van der Waals surface area contributed by atoms with E-state index in [1.165, 1.54) is 11.1 Å². The van der Waals surface area contributed by atoms with Crippen LogP contribution in [0.5, 0.6) is 0 Å². The van der Waals surface area contributed by atoms with Crippen LogP contribution in [-0.4, -0.2) is 37.0 Å². The van der Waals surface area contributed by atoms with E-state index in [0.29, 0.717) is 12.3 Å². The van der Waals surface area contributed by atoms with Crippen LogP contribution in [0.2, 0.25) is 0 Å². The van der Waals surface area contributed by atoms with E-state index in [-0.39, 0.29) is 5.91 Å². The molecule has 3 rings (SSSR count). The third kappa shape index (κ3) is 4.93. The molecule has 2 aromatic carbocycles. The predicted molar refractivity (Wildman–Crippen MR) is 103 cm³/mol. The summed E-state index contributed by atoms with van der Waals surface area (Å²) in [4.78, 5) is 14.6. The Kier molecular flexibility index (Phi) is 6.24. The molecule has 0 saturated carbocycles. The number of nitrogens with one attached hydrogen (secondary N) is 1. The van der Waals surface area contributed by atoms with Crippen molar-refractivity contribution < 1.29 is 4.79 Å². The Labute approximate surface area is 151 Å². The first kappa shape index (κ1) is 17.7. The van der Waals surface area contributed by atoms with Gasteiger partial charge >= 0.3 is 0 Å². The number of rotatable bonds is 6. The maximum absolute atomic E-state index is 12.6. The third-order valence-electron chi connectivity index (χ3n) is 5.07. The van der Waals surface area contributed by atoms with Crippen molar-refractivity contribution in [1.82, 2.24) is 10.2 Å². The SMILES string of the molecule is CCNCC1CCN(C(=O)Cc2ccc(-c3ccccc3)cc2)CC1. The second-order valence-electron chi connectivity index (χ2n) is 6.87. The molecule has 0 aliphatic carbocycles. The molecule has 132 valence electrons. The van der Waals surface area contributed by atoms with E-state index in [4.69, 9.17) is 0 Å². The summed E-state index contributed by atoms with van der Waals surface area (Å²) in [6.07, 6.45) is 2.74. The van der Waals surface area contributed by atoms with Gasteiger partial charge < -0.3 is 10.2 Å².